The average molecular weight is 354 g/mol. The van der Waals surface area contributed by atoms with Crippen LogP contribution < -0.4 is 10.1 Å². The number of carbonyl (C=O) groups excluding carboxylic acids is 1. The van der Waals surface area contributed by atoms with Crippen LogP contribution in [0.2, 0.25) is 0 Å². The molecule has 0 aromatic heterocycles. The third kappa shape index (κ3) is 2.76. The lowest BCUT2D eigenvalue weighted by Crippen LogP contribution is -2.04. The van der Waals surface area contributed by atoms with E-state index in [2.05, 4.69) is 27.2 Å². The van der Waals surface area contributed by atoms with Crippen LogP contribution in [0.3, 0.4) is 0 Å². The number of amides is 1. The summed E-state index contributed by atoms with van der Waals surface area (Å²) in [5.41, 5.74) is 3.11. The van der Waals surface area contributed by atoms with Gasteiger partial charge in [-0.25, -0.2) is 0 Å². The van der Waals surface area contributed by atoms with E-state index >= 15 is 0 Å². The van der Waals surface area contributed by atoms with Gasteiger partial charge in [-0.15, -0.1) is 6.42 Å². The third-order valence-electron chi connectivity index (χ3n) is 3.29. The number of rotatable bonds is 3. The Morgan fingerprint density at radius 1 is 1.27 bits per heavy atom. The van der Waals surface area contributed by atoms with Crippen molar-refractivity contribution in [2.24, 2.45) is 0 Å². The van der Waals surface area contributed by atoms with Gasteiger partial charge in [0.15, 0.2) is 0 Å². The van der Waals surface area contributed by atoms with Crippen LogP contribution in [0.15, 0.2) is 46.9 Å². The predicted molar refractivity (Wildman–Crippen MR) is 91.4 cm³/mol. The summed E-state index contributed by atoms with van der Waals surface area (Å²) in [6, 6.07) is 13.2. The number of hydrogen-bond donors (Lipinski definition) is 1. The van der Waals surface area contributed by atoms with Gasteiger partial charge < -0.3 is 10.1 Å². The number of halogens is 1. The van der Waals surface area contributed by atoms with E-state index in [0.717, 1.165) is 21.3 Å². The molecule has 1 heterocycles. The third-order valence-corrected chi connectivity index (χ3v) is 3.79. The number of hydrogen-bond acceptors (Lipinski definition) is 2. The van der Waals surface area contributed by atoms with E-state index < -0.39 is 0 Å². The first-order valence-corrected chi connectivity index (χ1v) is 7.46. The summed E-state index contributed by atoms with van der Waals surface area (Å²) in [6.45, 7) is 0.181. The fourth-order valence-electron chi connectivity index (χ4n) is 2.32. The fourth-order valence-corrected chi connectivity index (χ4v) is 2.70. The highest BCUT2D eigenvalue weighted by Gasteiger charge is 2.23. The zero-order valence-corrected chi connectivity index (χ0v) is 13.2. The zero-order valence-electron chi connectivity index (χ0n) is 11.6. The minimum atomic E-state index is -0.121. The number of para-hydroxylation sites is 1. The lowest BCUT2D eigenvalue weighted by molar-refractivity contribution is -0.110. The van der Waals surface area contributed by atoms with Crippen molar-refractivity contribution < 1.29 is 9.53 Å². The number of ether oxygens (including phenoxy) is 1. The van der Waals surface area contributed by atoms with Crippen molar-refractivity contribution >= 4 is 39.2 Å². The number of fused-ring (bicyclic) bond motifs is 1. The van der Waals surface area contributed by atoms with Crippen LogP contribution >= 0.6 is 15.9 Å². The van der Waals surface area contributed by atoms with Crippen LogP contribution in [0.1, 0.15) is 11.1 Å². The molecule has 4 heteroatoms. The normalized spacial score (nSPS) is 14.4. The predicted octanol–water partition coefficient (Wildman–Crippen LogP) is 3.95. The lowest BCUT2D eigenvalue weighted by Gasteiger charge is -2.08. The molecule has 0 saturated carbocycles. The first-order valence-electron chi connectivity index (χ1n) is 6.67. The fraction of sp³-hybridized carbons (Fsp3) is 0.0556. The van der Waals surface area contributed by atoms with Crippen molar-refractivity contribution in [1.82, 2.24) is 0 Å². The molecule has 1 aliphatic heterocycles. The minimum absolute atomic E-state index is 0.121. The van der Waals surface area contributed by atoms with Crippen LogP contribution in [-0.2, 0) is 4.79 Å². The maximum atomic E-state index is 12.2. The van der Waals surface area contributed by atoms with Crippen LogP contribution in [-0.4, -0.2) is 12.5 Å². The molecule has 1 N–H and O–H groups in total. The molecule has 0 unspecified atom stereocenters. The SMILES string of the molecule is C#CCOc1ccc(Br)cc1/C=C1\C(=O)Nc2ccccc21. The smallest absolute Gasteiger partial charge is 0.256 e. The summed E-state index contributed by atoms with van der Waals surface area (Å²) in [7, 11) is 0. The molecule has 0 radical (unpaired) electrons. The van der Waals surface area contributed by atoms with Crippen LogP contribution in [0.4, 0.5) is 5.69 Å². The Hall–Kier alpha value is -2.51. The topological polar surface area (TPSA) is 38.3 Å². The highest BCUT2D eigenvalue weighted by Crippen LogP contribution is 2.35. The maximum Gasteiger partial charge on any atom is 0.256 e. The molecule has 2 aromatic rings. The van der Waals surface area contributed by atoms with Gasteiger partial charge in [0.1, 0.15) is 12.4 Å². The van der Waals surface area contributed by atoms with Gasteiger partial charge in [0.25, 0.3) is 5.91 Å². The van der Waals surface area contributed by atoms with Gasteiger partial charge in [0.05, 0.1) is 0 Å². The van der Waals surface area contributed by atoms with Gasteiger partial charge in [0.2, 0.25) is 0 Å². The second-order valence-electron chi connectivity index (χ2n) is 4.73. The second-order valence-corrected chi connectivity index (χ2v) is 5.65. The van der Waals surface area contributed by atoms with Crippen molar-refractivity contribution in [3.63, 3.8) is 0 Å². The molecule has 108 valence electrons. The van der Waals surface area contributed by atoms with E-state index in [9.17, 15) is 4.79 Å². The molecule has 22 heavy (non-hydrogen) atoms. The molecular weight excluding hydrogens is 342 g/mol. The quantitative estimate of drug-likeness (QED) is 0.670. The van der Waals surface area contributed by atoms with Gasteiger partial charge in [-0.1, -0.05) is 40.0 Å². The Balaban J connectivity index is 2.07. The van der Waals surface area contributed by atoms with Gasteiger partial charge in [-0.05, 0) is 30.3 Å². The summed E-state index contributed by atoms with van der Waals surface area (Å²) >= 11 is 3.44. The van der Waals surface area contributed by atoms with Crippen molar-refractivity contribution in [2.45, 2.75) is 0 Å². The van der Waals surface area contributed by atoms with E-state index in [4.69, 9.17) is 11.2 Å². The van der Waals surface area contributed by atoms with Crippen LogP contribution in [0.25, 0.3) is 11.6 Å². The standard InChI is InChI=1S/C18H12BrNO2/c1-2-9-22-17-8-7-13(19)10-12(17)11-15-14-5-3-4-6-16(14)20-18(15)21/h1,3-8,10-11H,9H2,(H,20,21)/b15-11-. The van der Waals surface area contributed by atoms with Gasteiger partial charge in [-0.3, -0.25) is 4.79 Å². The zero-order chi connectivity index (χ0) is 15.5. The van der Waals surface area contributed by atoms with Gasteiger partial charge in [-0.2, -0.15) is 0 Å². The molecule has 3 nitrogen and oxygen atoms in total. The van der Waals surface area contributed by atoms with E-state index in [0.29, 0.717) is 11.3 Å². The highest BCUT2D eigenvalue weighted by atomic mass is 79.9. The summed E-state index contributed by atoms with van der Waals surface area (Å²) < 4.78 is 6.44. The molecule has 0 fully saturated rings. The molecule has 0 aliphatic carbocycles. The second kappa shape index (κ2) is 6.08. The summed E-state index contributed by atoms with van der Waals surface area (Å²) in [6.07, 6.45) is 7.06. The first kappa shape index (κ1) is 14.4. The monoisotopic (exact) mass is 353 g/mol. The molecule has 0 saturated heterocycles. The minimum Gasteiger partial charge on any atom is -0.480 e. The maximum absolute atomic E-state index is 12.2. The molecule has 0 bridgehead atoms. The Morgan fingerprint density at radius 2 is 2.09 bits per heavy atom. The van der Waals surface area contributed by atoms with Crippen molar-refractivity contribution in [3.8, 4) is 18.1 Å². The first-order chi connectivity index (χ1) is 10.7. The van der Waals surface area contributed by atoms with Crippen molar-refractivity contribution in [2.75, 3.05) is 11.9 Å². The largest absolute Gasteiger partial charge is 0.480 e. The van der Waals surface area contributed by atoms with Gasteiger partial charge in [0, 0.05) is 26.9 Å². The average Bonchev–Trinajstić information content (AvgIpc) is 2.83. The Bertz CT molecular complexity index is 818. The lowest BCUT2D eigenvalue weighted by atomic mass is 10.0. The summed E-state index contributed by atoms with van der Waals surface area (Å²) in [5, 5.41) is 2.85. The Labute approximate surface area is 137 Å². The molecule has 1 amide bonds. The molecule has 3 rings (SSSR count). The number of terminal acetylenes is 1. The van der Waals surface area contributed by atoms with Crippen molar-refractivity contribution in [1.29, 1.82) is 0 Å². The number of carbonyl (C=O) groups is 1. The summed E-state index contributed by atoms with van der Waals surface area (Å²) in [5.74, 6) is 2.97. The Morgan fingerprint density at radius 3 is 2.91 bits per heavy atom. The molecule has 1 aliphatic rings. The molecule has 0 atom stereocenters. The number of anilines is 1. The summed E-state index contributed by atoms with van der Waals surface area (Å²) in [4.78, 5) is 12.2. The molecular formula is C18H12BrNO2. The van der Waals surface area contributed by atoms with E-state index in [1.807, 2.05) is 48.5 Å². The highest BCUT2D eigenvalue weighted by molar-refractivity contribution is 9.10. The van der Waals surface area contributed by atoms with E-state index in [-0.39, 0.29) is 12.5 Å². The molecule has 0 spiro atoms. The van der Waals surface area contributed by atoms with Gasteiger partial charge >= 0.3 is 0 Å². The number of nitrogens with one attached hydrogen (secondary N) is 1. The van der Waals surface area contributed by atoms with E-state index in [1.54, 1.807) is 0 Å². The van der Waals surface area contributed by atoms with Crippen molar-refractivity contribution in [3.05, 3.63) is 58.1 Å². The van der Waals surface area contributed by atoms with Crippen LogP contribution in [0, 0.1) is 12.3 Å². The number of benzene rings is 2. The van der Waals surface area contributed by atoms with E-state index in [1.165, 1.54) is 0 Å². The molecule has 2 aromatic carbocycles. The van der Waals surface area contributed by atoms with Crippen LogP contribution in [0.5, 0.6) is 5.75 Å². The Kier molecular flexibility index (Phi) is 3.99.